The Hall–Kier alpha value is -1.72. The minimum atomic E-state index is -0.141. The summed E-state index contributed by atoms with van der Waals surface area (Å²) in [5.41, 5.74) is 1.39. The van der Waals surface area contributed by atoms with E-state index in [1.54, 1.807) is 0 Å². The molecule has 112 valence electrons. The molecular formula is C15H19ClN4O. The smallest absolute Gasteiger partial charge is 0.226 e. The standard InChI is InChI=1S/C15H19ClN4O/c1-15(2,3)17-9-8-12(21)20-14-13(16)18-10-6-4-5-7-11(10)19-14/h4-7,17H,8-9H2,1-3H3,(H,19,20,21). The summed E-state index contributed by atoms with van der Waals surface area (Å²) in [6.07, 6.45) is 0.349. The number of nitrogens with zero attached hydrogens (tertiary/aromatic N) is 2. The molecule has 1 heterocycles. The summed E-state index contributed by atoms with van der Waals surface area (Å²) in [6.45, 7) is 6.75. The summed E-state index contributed by atoms with van der Waals surface area (Å²) in [5.74, 6) is 0.161. The largest absolute Gasteiger partial charge is 0.312 e. The molecule has 2 N–H and O–H groups in total. The summed E-state index contributed by atoms with van der Waals surface area (Å²) >= 11 is 6.05. The molecule has 0 bridgehead atoms. The van der Waals surface area contributed by atoms with Crippen LogP contribution in [0.5, 0.6) is 0 Å². The fourth-order valence-corrected chi connectivity index (χ4v) is 1.98. The number of para-hydroxylation sites is 2. The number of nitrogens with one attached hydrogen (secondary N) is 2. The summed E-state index contributed by atoms with van der Waals surface area (Å²) in [4.78, 5) is 20.5. The zero-order valence-corrected chi connectivity index (χ0v) is 13.2. The summed E-state index contributed by atoms with van der Waals surface area (Å²) in [6, 6.07) is 7.38. The van der Waals surface area contributed by atoms with E-state index in [0.29, 0.717) is 29.8 Å². The second-order valence-corrected chi connectivity index (χ2v) is 6.18. The van der Waals surface area contributed by atoms with Gasteiger partial charge in [-0.05, 0) is 32.9 Å². The lowest BCUT2D eigenvalue weighted by molar-refractivity contribution is -0.116. The maximum atomic E-state index is 11.9. The third kappa shape index (κ3) is 4.65. The molecule has 1 aromatic heterocycles. The molecular weight excluding hydrogens is 288 g/mol. The quantitative estimate of drug-likeness (QED) is 0.911. The summed E-state index contributed by atoms with van der Waals surface area (Å²) < 4.78 is 0. The molecule has 0 radical (unpaired) electrons. The van der Waals surface area contributed by atoms with Gasteiger partial charge in [0.2, 0.25) is 5.91 Å². The molecule has 0 fully saturated rings. The first-order valence-electron chi connectivity index (χ1n) is 6.82. The van der Waals surface area contributed by atoms with E-state index in [1.165, 1.54) is 0 Å². The number of rotatable bonds is 4. The fourth-order valence-electron chi connectivity index (χ4n) is 1.80. The zero-order valence-electron chi connectivity index (χ0n) is 12.4. The highest BCUT2D eigenvalue weighted by molar-refractivity contribution is 6.32. The van der Waals surface area contributed by atoms with Gasteiger partial charge in [-0.3, -0.25) is 4.79 Å². The number of fused-ring (bicyclic) bond motifs is 1. The van der Waals surface area contributed by atoms with Crippen LogP contribution in [0.4, 0.5) is 5.82 Å². The van der Waals surface area contributed by atoms with Crippen LogP contribution in [0.1, 0.15) is 27.2 Å². The van der Waals surface area contributed by atoms with Crippen molar-refractivity contribution in [3.8, 4) is 0 Å². The Morgan fingerprint density at radius 1 is 1.19 bits per heavy atom. The van der Waals surface area contributed by atoms with Crippen molar-refractivity contribution < 1.29 is 4.79 Å². The molecule has 0 spiro atoms. The van der Waals surface area contributed by atoms with Crippen LogP contribution in [0, 0.1) is 0 Å². The highest BCUT2D eigenvalue weighted by Crippen LogP contribution is 2.20. The van der Waals surface area contributed by atoms with E-state index < -0.39 is 0 Å². The van der Waals surface area contributed by atoms with Gasteiger partial charge in [0.15, 0.2) is 11.0 Å². The Labute approximate surface area is 129 Å². The van der Waals surface area contributed by atoms with Gasteiger partial charge in [-0.25, -0.2) is 9.97 Å². The Balaban J connectivity index is 2.02. The van der Waals surface area contributed by atoms with E-state index in [-0.39, 0.29) is 16.6 Å². The predicted molar refractivity (Wildman–Crippen MR) is 85.6 cm³/mol. The molecule has 21 heavy (non-hydrogen) atoms. The third-order valence-electron chi connectivity index (χ3n) is 2.79. The summed E-state index contributed by atoms with van der Waals surface area (Å²) in [5, 5.41) is 6.16. The van der Waals surface area contributed by atoms with E-state index >= 15 is 0 Å². The van der Waals surface area contributed by atoms with Crippen LogP contribution in [-0.4, -0.2) is 28.0 Å². The number of hydrogen-bond donors (Lipinski definition) is 2. The summed E-state index contributed by atoms with van der Waals surface area (Å²) in [7, 11) is 0. The highest BCUT2D eigenvalue weighted by Gasteiger charge is 2.12. The van der Waals surface area contributed by atoms with Crippen molar-refractivity contribution in [3.05, 3.63) is 29.4 Å². The predicted octanol–water partition coefficient (Wildman–Crippen LogP) is 3.00. The van der Waals surface area contributed by atoms with Crippen molar-refractivity contribution in [1.29, 1.82) is 0 Å². The number of aromatic nitrogens is 2. The SMILES string of the molecule is CC(C)(C)NCCC(=O)Nc1nc2ccccc2nc1Cl. The fraction of sp³-hybridized carbons (Fsp3) is 0.400. The number of amides is 1. The first-order valence-corrected chi connectivity index (χ1v) is 7.20. The van der Waals surface area contributed by atoms with Gasteiger partial charge in [0.1, 0.15) is 0 Å². The van der Waals surface area contributed by atoms with Crippen LogP contribution in [0.15, 0.2) is 24.3 Å². The zero-order chi connectivity index (χ0) is 15.5. The highest BCUT2D eigenvalue weighted by atomic mass is 35.5. The Morgan fingerprint density at radius 3 is 2.43 bits per heavy atom. The van der Waals surface area contributed by atoms with Gasteiger partial charge >= 0.3 is 0 Å². The van der Waals surface area contributed by atoms with Gasteiger partial charge in [0.05, 0.1) is 11.0 Å². The number of carbonyl (C=O) groups excluding carboxylic acids is 1. The Bertz CT molecular complexity index is 652. The minimum absolute atomic E-state index is 0.0132. The van der Waals surface area contributed by atoms with Crippen LogP contribution in [0.3, 0.4) is 0 Å². The van der Waals surface area contributed by atoms with Crippen molar-refractivity contribution >= 4 is 34.4 Å². The van der Waals surface area contributed by atoms with E-state index in [4.69, 9.17) is 11.6 Å². The molecule has 0 atom stereocenters. The van der Waals surface area contributed by atoms with Gasteiger partial charge in [-0.2, -0.15) is 0 Å². The third-order valence-corrected chi connectivity index (χ3v) is 3.06. The molecule has 6 heteroatoms. The topological polar surface area (TPSA) is 66.9 Å². The molecule has 5 nitrogen and oxygen atoms in total. The van der Waals surface area contributed by atoms with Crippen LogP contribution in [0.25, 0.3) is 11.0 Å². The van der Waals surface area contributed by atoms with E-state index in [2.05, 4.69) is 41.4 Å². The van der Waals surface area contributed by atoms with E-state index in [1.807, 2.05) is 24.3 Å². The lowest BCUT2D eigenvalue weighted by atomic mass is 10.1. The molecule has 0 unspecified atom stereocenters. The monoisotopic (exact) mass is 306 g/mol. The van der Waals surface area contributed by atoms with Crippen molar-refractivity contribution in [2.24, 2.45) is 0 Å². The normalized spacial score (nSPS) is 11.6. The number of halogens is 1. The minimum Gasteiger partial charge on any atom is -0.312 e. The van der Waals surface area contributed by atoms with Gasteiger partial charge in [0.25, 0.3) is 0 Å². The average molecular weight is 307 g/mol. The molecule has 0 saturated heterocycles. The first kappa shape index (κ1) is 15.7. The Morgan fingerprint density at radius 2 is 1.81 bits per heavy atom. The molecule has 1 amide bonds. The maximum Gasteiger partial charge on any atom is 0.226 e. The van der Waals surface area contributed by atoms with Gasteiger partial charge in [0, 0.05) is 18.5 Å². The van der Waals surface area contributed by atoms with Gasteiger partial charge < -0.3 is 10.6 Å². The molecule has 0 aliphatic rings. The molecule has 0 saturated carbocycles. The van der Waals surface area contributed by atoms with Gasteiger partial charge in [-0.1, -0.05) is 23.7 Å². The molecule has 0 aliphatic heterocycles. The van der Waals surface area contributed by atoms with Crippen molar-refractivity contribution in [2.75, 3.05) is 11.9 Å². The van der Waals surface area contributed by atoms with Crippen LogP contribution < -0.4 is 10.6 Å². The number of carbonyl (C=O) groups is 1. The number of anilines is 1. The van der Waals surface area contributed by atoms with Crippen LogP contribution >= 0.6 is 11.6 Å². The molecule has 2 rings (SSSR count). The van der Waals surface area contributed by atoms with Gasteiger partial charge in [-0.15, -0.1) is 0 Å². The molecule has 2 aromatic rings. The average Bonchev–Trinajstić information content (AvgIpc) is 2.38. The van der Waals surface area contributed by atoms with Crippen LogP contribution in [0.2, 0.25) is 5.15 Å². The van der Waals surface area contributed by atoms with E-state index in [9.17, 15) is 4.79 Å². The molecule has 0 aliphatic carbocycles. The Kier molecular flexibility index (Phi) is 4.75. The van der Waals surface area contributed by atoms with E-state index in [0.717, 1.165) is 0 Å². The lowest BCUT2D eigenvalue weighted by Gasteiger charge is -2.20. The first-order chi connectivity index (χ1) is 9.85. The lowest BCUT2D eigenvalue weighted by Crippen LogP contribution is -2.37. The van der Waals surface area contributed by atoms with Crippen LogP contribution in [-0.2, 0) is 4.79 Å². The molecule has 1 aromatic carbocycles. The van der Waals surface area contributed by atoms with Crippen molar-refractivity contribution in [3.63, 3.8) is 0 Å². The second-order valence-electron chi connectivity index (χ2n) is 5.83. The van der Waals surface area contributed by atoms with Crippen molar-refractivity contribution in [1.82, 2.24) is 15.3 Å². The number of hydrogen-bond acceptors (Lipinski definition) is 4. The van der Waals surface area contributed by atoms with Crippen molar-refractivity contribution in [2.45, 2.75) is 32.7 Å². The second kappa shape index (κ2) is 6.37. The number of benzene rings is 1. The maximum absolute atomic E-state index is 11.9.